The first-order chi connectivity index (χ1) is 8.49. The zero-order valence-electron chi connectivity index (χ0n) is 10.4. The Labute approximate surface area is 107 Å². The third-order valence-corrected chi connectivity index (χ3v) is 2.58. The van der Waals surface area contributed by atoms with Crippen LogP contribution in [0.4, 0.5) is 0 Å². The fourth-order valence-corrected chi connectivity index (χ4v) is 1.68. The largest absolute Gasteiger partial charge is 0.453 e. The van der Waals surface area contributed by atoms with Crippen molar-refractivity contribution in [2.75, 3.05) is 0 Å². The highest BCUT2D eigenvalue weighted by Crippen LogP contribution is 2.07. The summed E-state index contributed by atoms with van der Waals surface area (Å²) < 4.78 is 0. The average Bonchev–Trinajstić information content (AvgIpc) is 2.29. The summed E-state index contributed by atoms with van der Waals surface area (Å²) in [6, 6.07) is 8.60. The zero-order valence-corrected chi connectivity index (χ0v) is 10.4. The monoisotopic (exact) mass is 250 g/mol. The van der Waals surface area contributed by atoms with Crippen molar-refractivity contribution in [3.8, 4) is 0 Å². The number of hydrogen-bond acceptors (Lipinski definition) is 4. The topological polar surface area (TPSA) is 95.6 Å². The number of hydrogen-bond donors (Lipinski definition) is 4. The van der Waals surface area contributed by atoms with E-state index in [4.69, 9.17) is 15.8 Å². The van der Waals surface area contributed by atoms with Crippen LogP contribution < -0.4 is 11.1 Å². The lowest BCUT2D eigenvalue weighted by molar-refractivity contribution is -0.122. The SMILES string of the molecule is C[C@H](N)C(=O)N[C@@H](CB(O)O)Cc1ccccc1. The van der Waals surface area contributed by atoms with Crippen molar-refractivity contribution in [1.82, 2.24) is 5.32 Å². The number of rotatable bonds is 6. The molecule has 5 nitrogen and oxygen atoms in total. The Hall–Kier alpha value is -1.37. The second-order valence-corrected chi connectivity index (χ2v) is 4.40. The van der Waals surface area contributed by atoms with Crippen LogP contribution >= 0.6 is 0 Å². The third-order valence-electron chi connectivity index (χ3n) is 2.58. The molecule has 0 saturated heterocycles. The lowest BCUT2D eigenvalue weighted by Gasteiger charge is -2.19. The van der Waals surface area contributed by atoms with Gasteiger partial charge in [0.05, 0.1) is 6.04 Å². The molecule has 1 aromatic carbocycles. The van der Waals surface area contributed by atoms with Crippen LogP contribution in [0.1, 0.15) is 12.5 Å². The highest BCUT2D eigenvalue weighted by atomic mass is 16.4. The molecule has 0 spiro atoms. The van der Waals surface area contributed by atoms with E-state index < -0.39 is 13.2 Å². The van der Waals surface area contributed by atoms with Crippen LogP contribution in [0.15, 0.2) is 30.3 Å². The van der Waals surface area contributed by atoms with Gasteiger partial charge in [0.25, 0.3) is 0 Å². The molecule has 0 saturated carbocycles. The van der Waals surface area contributed by atoms with Crippen molar-refractivity contribution < 1.29 is 14.8 Å². The number of nitrogens with two attached hydrogens (primary N) is 1. The Bertz CT molecular complexity index is 371. The van der Waals surface area contributed by atoms with Gasteiger partial charge in [-0.05, 0) is 18.9 Å². The first kappa shape index (κ1) is 14.7. The van der Waals surface area contributed by atoms with Crippen molar-refractivity contribution in [1.29, 1.82) is 0 Å². The molecule has 0 aromatic heterocycles. The van der Waals surface area contributed by atoms with Gasteiger partial charge < -0.3 is 21.1 Å². The number of benzene rings is 1. The molecule has 2 atom stereocenters. The molecule has 98 valence electrons. The molecule has 0 unspecified atom stereocenters. The molecule has 1 amide bonds. The molecule has 0 heterocycles. The second-order valence-electron chi connectivity index (χ2n) is 4.40. The predicted octanol–water partition coefficient (Wildman–Crippen LogP) is -0.466. The van der Waals surface area contributed by atoms with Crippen molar-refractivity contribution in [2.24, 2.45) is 5.73 Å². The number of nitrogens with one attached hydrogen (secondary N) is 1. The van der Waals surface area contributed by atoms with Crippen LogP contribution in [0.5, 0.6) is 0 Å². The lowest BCUT2D eigenvalue weighted by Crippen LogP contribution is -2.46. The Kier molecular flexibility index (Phi) is 5.84. The van der Waals surface area contributed by atoms with E-state index in [2.05, 4.69) is 5.32 Å². The average molecular weight is 250 g/mol. The first-order valence-corrected chi connectivity index (χ1v) is 5.95. The molecule has 0 aliphatic rings. The Balaban J connectivity index is 2.64. The van der Waals surface area contributed by atoms with Gasteiger partial charge in [-0.15, -0.1) is 0 Å². The fraction of sp³-hybridized carbons (Fsp3) is 0.417. The number of carbonyl (C=O) groups is 1. The molecule has 0 aliphatic carbocycles. The van der Waals surface area contributed by atoms with E-state index in [1.807, 2.05) is 30.3 Å². The quantitative estimate of drug-likeness (QED) is 0.513. The maximum atomic E-state index is 11.5. The van der Waals surface area contributed by atoms with Crippen molar-refractivity contribution in [3.63, 3.8) is 0 Å². The molecule has 0 aliphatic heterocycles. The summed E-state index contributed by atoms with van der Waals surface area (Å²) in [4.78, 5) is 11.5. The molecular formula is C12H19BN2O3. The van der Waals surface area contributed by atoms with E-state index in [-0.39, 0.29) is 18.3 Å². The molecule has 18 heavy (non-hydrogen) atoms. The van der Waals surface area contributed by atoms with Gasteiger partial charge in [0.15, 0.2) is 0 Å². The summed E-state index contributed by atoms with van der Waals surface area (Å²) in [6.45, 7) is 1.59. The van der Waals surface area contributed by atoms with E-state index in [0.29, 0.717) is 6.42 Å². The Morgan fingerprint density at radius 3 is 2.50 bits per heavy atom. The molecule has 1 aromatic rings. The molecule has 6 heteroatoms. The Morgan fingerprint density at radius 2 is 2.00 bits per heavy atom. The van der Waals surface area contributed by atoms with E-state index in [9.17, 15) is 4.79 Å². The van der Waals surface area contributed by atoms with E-state index >= 15 is 0 Å². The summed E-state index contributed by atoms with van der Waals surface area (Å²) in [5.74, 6) is -0.295. The summed E-state index contributed by atoms with van der Waals surface area (Å²) in [7, 11) is -1.45. The van der Waals surface area contributed by atoms with Gasteiger partial charge in [-0.1, -0.05) is 30.3 Å². The van der Waals surface area contributed by atoms with E-state index in [0.717, 1.165) is 5.56 Å². The zero-order chi connectivity index (χ0) is 13.5. The van der Waals surface area contributed by atoms with Gasteiger partial charge in [0, 0.05) is 12.4 Å². The standard InChI is InChI=1S/C12H19BN2O3/c1-9(14)12(16)15-11(8-13(17)18)7-10-5-3-2-4-6-10/h2-6,9,11,17-18H,7-8,14H2,1H3,(H,15,16)/t9-,11+/m0/s1. The van der Waals surface area contributed by atoms with Crippen molar-refractivity contribution >= 4 is 13.0 Å². The number of carbonyl (C=O) groups excluding carboxylic acids is 1. The minimum Gasteiger partial charge on any atom is -0.427 e. The minimum absolute atomic E-state index is 0.0767. The Morgan fingerprint density at radius 1 is 1.39 bits per heavy atom. The summed E-state index contributed by atoms with van der Waals surface area (Å²) in [5.41, 5.74) is 6.49. The summed E-state index contributed by atoms with van der Waals surface area (Å²) in [5, 5.41) is 20.8. The highest BCUT2D eigenvalue weighted by molar-refractivity contribution is 6.41. The number of amides is 1. The van der Waals surface area contributed by atoms with E-state index in [1.54, 1.807) is 6.92 Å². The van der Waals surface area contributed by atoms with Crippen LogP contribution in [-0.4, -0.2) is 35.2 Å². The second kappa shape index (κ2) is 7.15. The van der Waals surface area contributed by atoms with Gasteiger partial charge in [-0.3, -0.25) is 4.79 Å². The van der Waals surface area contributed by atoms with Crippen LogP contribution in [0, 0.1) is 0 Å². The highest BCUT2D eigenvalue weighted by Gasteiger charge is 2.20. The maximum Gasteiger partial charge on any atom is 0.453 e. The van der Waals surface area contributed by atoms with Crippen molar-refractivity contribution in [3.05, 3.63) is 35.9 Å². The van der Waals surface area contributed by atoms with Crippen LogP contribution in [-0.2, 0) is 11.2 Å². The third kappa shape index (κ3) is 5.31. The molecule has 5 N–H and O–H groups in total. The van der Waals surface area contributed by atoms with Gasteiger partial charge in [-0.2, -0.15) is 0 Å². The van der Waals surface area contributed by atoms with E-state index in [1.165, 1.54) is 0 Å². The molecule has 0 fully saturated rings. The van der Waals surface area contributed by atoms with Crippen LogP contribution in [0.2, 0.25) is 6.32 Å². The fourth-order valence-electron chi connectivity index (χ4n) is 1.68. The van der Waals surface area contributed by atoms with Gasteiger partial charge in [0.2, 0.25) is 5.91 Å². The predicted molar refractivity (Wildman–Crippen MR) is 70.7 cm³/mol. The molecule has 0 radical (unpaired) electrons. The van der Waals surface area contributed by atoms with Gasteiger partial charge >= 0.3 is 7.12 Å². The summed E-state index contributed by atoms with van der Waals surface area (Å²) in [6.07, 6.45) is 0.615. The maximum absolute atomic E-state index is 11.5. The minimum atomic E-state index is -1.45. The normalized spacial score (nSPS) is 13.8. The summed E-state index contributed by atoms with van der Waals surface area (Å²) >= 11 is 0. The van der Waals surface area contributed by atoms with Gasteiger partial charge in [0.1, 0.15) is 0 Å². The molecule has 0 bridgehead atoms. The molecular weight excluding hydrogens is 231 g/mol. The van der Waals surface area contributed by atoms with Crippen LogP contribution in [0.3, 0.4) is 0 Å². The van der Waals surface area contributed by atoms with Crippen LogP contribution in [0.25, 0.3) is 0 Å². The smallest absolute Gasteiger partial charge is 0.427 e. The molecule has 1 rings (SSSR count). The van der Waals surface area contributed by atoms with Gasteiger partial charge in [-0.25, -0.2) is 0 Å². The van der Waals surface area contributed by atoms with Crippen molar-refractivity contribution in [2.45, 2.75) is 31.7 Å². The lowest BCUT2D eigenvalue weighted by atomic mass is 9.80. The first-order valence-electron chi connectivity index (χ1n) is 5.95.